The Hall–Kier alpha value is -3.40. The summed E-state index contributed by atoms with van der Waals surface area (Å²) < 4.78 is 0. The lowest BCUT2D eigenvalue weighted by molar-refractivity contribution is 0.0822. The molecule has 1 aromatic heterocycles. The van der Waals surface area contributed by atoms with Gasteiger partial charge >= 0.3 is 0 Å². The van der Waals surface area contributed by atoms with Crippen LogP contribution >= 0.6 is 0 Å². The van der Waals surface area contributed by atoms with Crippen LogP contribution in [0.15, 0.2) is 66.5 Å². The van der Waals surface area contributed by atoms with E-state index >= 15 is 0 Å². The summed E-state index contributed by atoms with van der Waals surface area (Å²) in [6.45, 7) is 0.409. The van der Waals surface area contributed by atoms with Gasteiger partial charge in [0.25, 0.3) is 0 Å². The molecule has 1 aliphatic rings. The molecule has 6 heteroatoms. The van der Waals surface area contributed by atoms with Crippen molar-refractivity contribution in [3.8, 4) is 17.2 Å². The van der Waals surface area contributed by atoms with Crippen LogP contribution in [0.2, 0.25) is 0 Å². The number of hydrogen-bond donors (Lipinski definition) is 3. The lowest BCUT2D eigenvalue weighted by Gasteiger charge is -2.25. The average Bonchev–Trinajstić information content (AvgIpc) is 3.21. The number of hydrazine groups is 1. The Bertz CT molecular complexity index is 1130. The van der Waals surface area contributed by atoms with Gasteiger partial charge in [0, 0.05) is 11.6 Å². The van der Waals surface area contributed by atoms with Gasteiger partial charge in [0.05, 0.1) is 17.8 Å². The van der Waals surface area contributed by atoms with E-state index in [1.807, 2.05) is 54.6 Å². The predicted molar refractivity (Wildman–Crippen MR) is 117 cm³/mol. The Labute approximate surface area is 176 Å². The fourth-order valence-electron chi connectivity index (χ4n) is 4.09. The number of aromatic nitrogens is 1. The van der Waals surface area contributed by atoms with Crippen molar-refractivity contribution >= 4 is 10.9 Å². The van der Waals surface area contributed by atoms with Gasteiger partial charge in [-0.2, -0.15) is 5.26 Å². The minimum atomic E-state index is -0.950. The number of pyridine rings is 1. The van der Waals surface area contributed by atoms with Crippen LogP contribution < -0.4 is 11.6 Å². The maximum atomic E-state index is 10.6. The summed E-state index contributed by atoms with van der Waals surface area (Å²) >= 11 is 0. The van der Waals surface area contributed by atoms with Gasteiger partial charge in [-0.05, 0) is 41.7 Å². The molecule has 1 saturated carbocycles. The molecule has 30 heavy (non-hydrogen) atoms. The summed E-state index contributed by atoms with van der Waals surface area (Å²) in [4.78, 5) is 4.48. The topological polar surface area (TPSA) is 112 Å². The molecule has 0 radical (unpaired) electrons. The number of nitriles is 1. The Morgan fingerprint density at radius 2 is 1.90 bits per heavy atom. The smallest absolute Gasteiger partial charge is 0.141 e. The molecule has 2 aromatic carbocycles. The zero-order valence-electron chi connectivity index (χ0n) is 16.8. The van der Waals surface area contributed by atoms with Gasteiger partial charge in [-0.15, -0.1) is 0 Å². The van der Waals surface area contributed by atoms with Crippen LogP contribution in [0.5, 0.6) is 0 Å². The van der Waals surface area contributed by atoms with Crippen molar-refractivity contribution in [3.63, 3.8) is 0 Å². The third-order valence-electron chi connectivity index (χ3n) is 5.71. The molecule has 0 aliphatic heterocycles. The third-order valence-corrected chi connectivity index (χ3v) is 5.71. The second kappa shape index (κ2) is 8.15. The molecule has 152 valence electrons. The van der Waals surface area contributed by atoms with E-state index in [0.717, 1.165) is 40.4 Å². The Balaban J connectivity index is 1.64. The summed E-state index contributed by atoms with van der Waals surface area (Å²) in [6, 6.07) is 19.9. The molecule has 0 bridgehead atoms. The molecule has 3 aromatic rings. The van der Waals surface area contributed by atoms with Gasteiger partial charge in [-0.25, -0.2) is 10.8 Å². The van der Waals surface area contributed by atoms with Gasteiger partial charge < -0.3 is 15.8 Å². The monoisotopic (exact) mass is 399 g/mol. The number of benzene rings is 2. The minimum absolute atomic E-state index is 0.371. The standard InChI is InChI=1S/C24H25N5O/c25-14-19-13-21(18-6-2-1-3-7-18)20-9-8-17(12-22(20)28-19)15-29(27)16-23(26)24(30)10-4-5-11-24/h1-3,6-9,12-13,16,30H,4-5,10-11,15,26-27H2/b23-16-. The van der Waals surface area contributed by atoms with Crippen LogP contribution in [0.4, 0.5) is 0 Å². The number of fused-ring (bicyclic) bond motifs is 1. The van der Waals surface area contributed by atoms with Gasteiger partial charge in [0.15, 0.2) is 0 Å². The summed E-state index contributed by atoms with van der Waals surface area (Å²) in [5.74, 6) is 6.15. The van der Waals surface area contributed by atoms with Crippen LogP contribution in [-0.2, 0) is 6.54 Å². The SMILES string of the molecule is N#Cc1cc(-c2ccccc2)c2ccc(CN(N)/C=C(\N)C3(O)CCCC3)cc2n1. The highest BCUT2D eigenvalue weighted by Crippen LogP contribution is 2.33. The van der Waals surface area contributed by atoms with Gasteiger partial charge in [-0.1, -0.05) is 55.3 Å². The summed E-state index contributed by atoms with van der Waals surface area (Å²) in [7, 11) is 0. The Kier molecular flexibility index (Phi) is 5.40. The molecular weight excluding hydrogens is 374 g/mol. The fourth-order valence-corrected chi connectivity index (χ4v) is 4.09. The molecule has 1 fully saturated rings. The first kappa shape index (κ1) is 19.9. The van der Waals surface area contributed by atoms with E-state index in [4.69, 9.17) is 11.6 Å². The molecule has 0 amide bonds. The van der Waals surface area contributed by atoms with Crippen molar-refractivity contribution in [1.29, 1.82) is 5.26 Å². The molecule has 4 rings (SSSR count). The van der Waals surface area contributed by atoms with Crippen molar-refractivity contribution in [2.45, 2.75) is 37.8 Å². The summed E-state index contributed by atoms with van der Waals surface area (Å²) in [5.41, 5.74) is 9.64. The third kappa shape index (κ3) is 3.99. The maximum absolute atomic E-state index is 10.6. The highest BCUT2D eigenvalue weighted by atomic mass is 16.3. The maximum Gasteiger partial charge on any atom is 0.141 e. The van der Waals surface area contributed by atoms with E-state index in [2.05, 4.69) is 11.1 Å². The molecule has 6 nitrogen and oxygen atoms in total. The van der Waals surface area contributed by atoms with Crippen LogP contribution in [0.3, 0.4) is 0 Å². The largest absolute Gasteiger partial charge is 0.398 e. The molecule has 0 atom stereocenters. The number of nitrogens with two attached hydrogens (primary N) is 2. The van der Waals surface area contributed by atoms with E-state index in [1.165, 1.54) is 5.01 Å². The molecule has 5 N–H and O–H groups in total. The van der Waals surface area contributed by atoms with E-state index in [9.17, 15) is 10.4 Å². The van der Waals surface area contributed by atoms with Crippen LogP contribution in [0, 0.1) is 11.3 Å². The highest BCUT2D eigenvalue weighted by molar-refractivity contribution is 5.95. The Morgan fingerprint density at radius 1 is 1.17 bits per heavy atom. The van der Waals surface area contributed by atoms with Crippen LogP contribution in [-0.4, -0.2) is 20.7 Å². The average molecular weight is 399 g/mol. The number of nitrogens with zero attached hydrogens (tertiary/aromatic N) is 3. The molecular formula is C24H25N5O. The fraction of sp³-hybridized carbons (Fsp3) is 0.250. The van der Waals surface area contributed by atoms with Gasteiger partial charge in [0.2, 0.25) is 0 Å². The van der Waals surface area contributed by atoms with Crippen molar-refractivity contribution in [3.05, 3.63) is 77.8 Å². The van der Waals surface area contributed by atoms with E-state index in [1.54, 1.807) is 6.20 Å². The molecule has 1 heterocycles. The highest BCUT2D eigenvalue weighted by Gasteiger charge is 2.34. The van der Waals surface area contributed by atoms with Crippen molar-refractivity contribution in [2.75, 3.05) is 0 Å². The first-order valence-electron chi connectivity index (χ1n) is 10.1. The molecule has 0 spiro atoms. The number of rotatable bonds is 5. The Morgan fingerprint density at radius 3 is 2.60 bits per heavy atom. The first-order chi connectivity index (χ1) is 14.5. The molecule has 0 saturated heterocycles. The molecule has 1 aliphatic carbocycles. The predicted octanol–water partition coefficient (Wildman–Crippen LogP) is 3.55. The van der Waals surface area contributed by atoms with Crippen LogP contribution in [0.25, 0.3) is 22.0 Å². The van der Waals surface area contributed by atoms with E-state index in [-0.39, 0.29) is 0 Å². The van der Waals surface area contributed by atoms with E-state index in [0.29, 0.717) is 30.8 Å². The normalized spacial score (nSPS) is 15.8. The number of hydrogen-bond acceptors (Lipinski definition) is 6. The lowest BCUT2D eigenvalue weighted by Crippen LogP contribution is -2.35. The molecule has 0 unspecified atom stereocenters. The van der Waals surface area contributed by atoms with Crippen LogP contribution in [0.1, 0.15) is 36.9 Å². The first-order valence-corrected chi connectivity index (χ1v) is 10.1. The van der Waals surface area contributed by atoms with Crippen molar-refractivity contribution in [2.24, 2.45) is 11.6 Å². The zero-order valence-corrected chi connectivity index (χ0v) is 16.8. The van der Waals surface area contributed by atoms with Gasteiger partial charge in [0.1, 0.15) is 17.4 Å². The summed E-state index contributed by atoms with van der Waals surface area (Å²) in [5, 5.41) is 22.5. The summed E-state index contributed by atoms with van der Waals surface area (Å²) in [6.07, 6.45) is 4.89. The van der Waals surface area contributed by atoms with Crippen molar-refractivity contribution in [1.82, 2.24) is 9.99 Å². The number of aliphatic hydroxyl groups is 1. The second-order valence-electron chi connectivity index (χ2n) is 7.88. The lowest BCUT2D eigenvalue weighted by atomic mass is 9.98. The van der Waals surface area contributed by atoms with Crippen molar-refractivity contribution < 1.29 is 5.11 Å². The quantitative estimate of drug-likeness (QED) is 0.447. The zero-order chi connectivity index (χ0) is 21.1. The van der Waals surface area contributed by atoms with E-state index < -0.39 is 5.60 Å². The second-order valence-corrected chi connectivity index (χ2v) is 7.88. The minimum Gasteiger partial charge on any atom is -0.398 e. The van der Waals surface area contributed by atoms with Gasteiger partial charge in [-0.3, -0.25) is 0 Å².